The van der Waals surface area contributed by atoms with Crippen LogP contribution in [0.5, 0.6) is 5.75 Å². The molecule has 0 saturated carbocycles. The molecular formula is C17H29NO2. The molecule has 0 aliphatic heterocycles. The van der Waals surface area contributed by atoms with Gasteiger partial charge in [-0.25, -0.2) is 0 Å². The number of hydrogen-bond donors (Lipinski definition) is 2. The van der Waals surface area contributed by atoms with Crippen LogP contribution in [0.3, 0.4) is 0 Å². The summed E-state index contributed by atoms with van der Waals surface area (Å²) in [6, 6.07) is 3.65. The van der Waals surface area contributed by atoms with E-state index in [0.29, 0.717) is 5.56 Å². The lowest BCUT2D eigenvalue weighted by Gasteiger charge is -2.25. The molecule has 20 heavy (non-hydrogen) atoms. The van der Waals surface area contributed by atoms with E-state index in [0.717, 1.165) is 11.1 Å². The molecule has 1 unspecified atom stereocenters. The molecule has 1 atom stereocenters. The zero-order valence-corrected chi connectivity index (χ0v) is 13.9. The predicted molar refractivity (Wildman–Crippen MR) is 86.9 cm³/mol. The van der Waals surface area contributed by atoms with Crippen molar-refractivity contribution in [3.8, 4) is 5.75 Å². The van der Waals surface area contributed by atoms with Crippen LogP contribution in [-0.2, 0) is 0 Å². The minimum Gasteiger partial charge on any atom is -0.507 e. The van der Waals surface area contributed by atoms with E-state index < -0.39 is 0 Å². The van der Waals surface area contributed by atoms with Crippen molar-refractivity contribution in [1.29, 1.82) is 0 Å². The summed E-state index contributed by atoms with van der Waals surface area (Å²) in [5.74, 6) is 0.259. The first-order valence-corrected chi connectivity index (χ1v) is 7.20. The Hall–Kier alpha value is -1.35. The lowest BCUT2D eigenvalue weighted by molar-refractivity contribution is 0.191. The molecule has 3 nitrogen and oxygen atoms in total. The highest BCUT2D eigenvalue weighted by Gasteiger charge is 2.22. The van der Waals surface area contributed by atoms with Gasteiger partial charge >= 0.3 is 0 Å². The van der Waals surface area contributed by atoms with Gasteiger partial charge in [0.05, 0.1) is 12.6 Å². The second-order valence-corrected chi connectivity index (χ2v) is 5.86. The fourth-order valence-corrected chi connectivity index (χ4v) is 1.81. The average molecular weight is 279 g/mol. The summed E-state index contributed by atoms with van der Waals surface area (Å²) in [6.45, 7) is 14.0. The molecule has 0 heterocycles. The SMILES string of the molecule is CC.Cc1cc(C)c(O)c(C=NC(CO)C(C)(C)C)c1. The van der Waals surface area contributed by atoms with Gasteiger partial charge in [0.1, 0.15) is 5.75 Å². The molecule has 114 valence electrons. The summed E-state index contributed by atoms with van der Waals surface area (Å²) >= 11 is 0. The fraction of sp³-hybridized carbons (Fsp3) is 0.588. The summed E-state index contributed by atoms with van der Waals surface area (Å²) < 4.78 is 0. The van der Waals surface area contributed by atoms with E-state index in [1.54, 1.807) is 6.21 Å². The number of aryl methyl sites for hydroxylation is 2. The highest BCUT2D eigenvalue weighted by Crippen LogP contribution is 2.24. The number of aliphatic imine (C=N–C) groups is 1. The van der Waals surface area contributed by atoms with E-state index in [1.807, 2.05) is 60.6 Å². The van der Waals surface area contributed by atoms with Crippen molar-refractivity contribution < 1.29 is 10.2 Å². The standard InChI is InChI=1S/C15H23NO2.C2H6/c1-10-6-11(2)14(18)12(7-10)8-16-13(9-17)15(3,4)5;1-2/h6-8,13,17-18H,9H2,1-5H3;1-2H3. The average Bonchev–Trinajstić information content (AvgIpc) is 2.36. The van der Waals surface area contributed by atoms with Crippen LogP contribution in [0.25, 0.3) is 0 Å². The molecule has 1 rings (SSSR count). The Bertz CT molecular complexity index is 445. The topological polar surface area (TPSA) is 52.8 Å². The van der Waals surface area contributed by atoms with Crippen molar-refractivity contribution >= 4 is 6.21 Å². The van der Waals surface area contributed by atoms with Gasteiger partial charge in [-0.1, -0.05) is 40.7 Å². The quantitative estimate of drug-likeness (QED) is 0.825. The number of aliphatic hydroxyl groups excluding tert-OH is 1. The van der Waals surface area contributed by atoms with Crippen LogP contribution in [0.4, 0.5) is 0 Å². The van der Waals surface area contributed by atoms with Gasteiger partial charge in [-0.15, -0.1) is 0 Å². The minimum absolute atomic E-state index is 0.00552. The second-order valence-electron chi connectivity index (χ2n) is 5.86. The molecule has 0 aliphatic rings. The Kier molecular flexibility index (Phi) is 7.51. The van der Waals surface area contributed by atoms with Gasteiger partial charge in [0, 0.05) is 11.8 Å². The molecule has 0 amide bonds. The molecule has 0 saturated heterocycles. The van der Waals surface area contributed by atoms with E-state index >= 15 is 0 Å². The molecule has 0 aliphatic carbocycles. The monoisotopic (exact) mass is 279 g/mol. The number of benzene rings is 1. The minimum atomic E-state index is -0.169. The van der Waals surface area contributed by atoms with Crippen LogP contribution in [0.15, 0.2) is 17.1 Å². The number of aromatic hydroxyl groups is 1. The maximum absolute atomic E-state index is 9.96. The van der Waals surface area contributed by atoms with Crippen molar-refractivity contribution in [2.24, 2.45) is 10.4 Å². The normalized spacial score (nSPS) is 13.0. The summed E-state index contributed by atoms with van der Waals surface area (Å²) in [6.07, 6.45) is 1.65. The molecule has 0 aromatic heterocycles. The highest BCUT2D eigenvalue weighted by atomic mass is 16.3. The number of hydrogen-bond acceptors (Lipinski definition) is 3. The maximum Gasteiger partial charge on any atom is 0.127 e. The van der Waals surface area contributed by atoms with Crippen molar-refractivity contribution in [3.63, 3.8) is 0 Å². The third kappa shape index (κ3) is 5.33. The van der Waals surface area contributed by atoms with Crippen molar-refractivity contribution in [2.75, 3.05) is 6.61 Å². The summed E-state index contributed by atoms with van der Waals surface area (Å²) in [5, 5.41) is 19.3. The van der Waals surface area contributed by atoms with E-state index in [2.05, 4.69) is 4.99 Å². The van der Waals surface area contributed by atoms with E-state index in [4.69, 9.17) is 0 Å². The van der Waals surface area contributed by atoms with E-state index in [1.165, 1.54) is 0 Å². The lowest BCUT2D eigenvalue weighted by Crippen LogP contribution is -2.28. The van der Waals surface area contributed by atoms with Gasteiger partial charge in [-0.2, -0.15) is 0 Å². The van der Waals surface area contributed by atoms with Crippen molar-refractivity contribution in [2.45, 2.75) is 54.5 Å². The zero-order chi connectivity index (χ0) is 15.9. The summed E-state index contributed by atoms with van der Waals surface area (Å²) in [5.41, 5.74) is 2.53. The second kappa shape index (κ2) is 8.05. The van der Waals surface area contributed by atoms with Crippen LogP contribution >= 0.6 is 0 Å². The molecule has 0 radical (unpaired) electrons. The lowest BCUT2D eigenvalue weighted by atomic mass is 9.88. The largest absolute Gasteiger partial charge is 0.507 e. The smallest absolute Gasteiger partial charge is 0.127 e. The zero-order valence-electron chi connectivity index (χ0n) is 13.9. The van der Waals surface area contributed by atoms with Gasteiger partial charge in [0.15, 0.2) is 0 Å². The van der Waals surface area contributed by atoms with Gasteiger partial charge < -0.3 is 10.2 Å². The van der Waals surface area contributed by atoms with Crippen molar-refractivity contribution in [3.05, 3.63) is 28.8 Å². The predicted octanol–water partition coefficient (Wildman–Crippen LogP) is 3.86. The first-order valence-electron chi connectivity index (χ1n) is 7.20. The third-order valence-electron chi connectivity index (χ3n) is 3.04. The number of phenolic OH excluding ortho intramolecular Hbond substituents is 1. The Morgan fingerprint density at radius 2 is 1.75 bits per heavy atom. The van der Waals surface area contributed by atoms with E-state index in [-0.39, 0.29) is 23.8 Å². The molecular weight excluding hydrogens is 250 g/mol. The Balaban J connectivity index is 0.00000172. The first-order chi connectivity index (χ1) is 9.25. The maximum atomic E-state index is 9.96. The molecule has 3 heteroatoms. The summed E-state index contributed by atoms with van der Waals surface area (Å²) in [4.78, 5) is 4.39. The number of rotatable bonds is 3. The van der Waals surface area contributed by atoms with Gasteiger partial charge in [0.25, 0.3) is 0 Å². The molecule has 1 aromatic carbocycles. The van der Waals surface area contributed by atoms with Crippen LogP contribution in [0.1, 0.15) is 51.3 Å². The fourth-order valence-electron chi connectivity index (χ4n) is 1.81. The summed E-state index contributed by atoms with van der Waals surface area (Å²) in [7, 11) is 0. The molecule has 0 spiro atoms. The highest BCUT2D eigenvalue weighted by molar-refractivity contribution is 5.84. The van der Waals surface area contributed by atoms with Gasteiger partial charge in [0.2, 0.25) is 0 Å². The number of nitrogens with zero attached hydrogens (tertiary/aromatic N) is 1. The first kappa shape index (κ1) is 18.7. The Morgan fingerprint density at radius 3 is 2.20 bits per heavy atom. The molecule has 1 aromatic rings. The van der Waals surface area contributed by atoms with E-state index in [9.17, 15) is 10.2 Å². The van der Waals surface area contributed by atoms with Crippen LogP contribution in [-0.4, -0.2) is 29.1 Å². The molecule has 0 fully saturated rings. The molecule has 2 N–H and O–H groups in total. The number of phenols is 1. The van der Waals surface area contributed by atoms with Crippen molar-refractivity contribution in [1.82, 2.24) is 0 Å². The van der Waals surface area contributed by atoms with Gasteiger partial charge in [-0.05, 0) is 36.5 Å². The molecule has 0 bridgehead atoms. The van der Waals surface area contributed by atoms with Crippen LogP contribution in [0.2, 0.25) is 0 Å². The van der Waals surface area contributed by atoms with Gasteiger partial charge in [-0.3, -0.25) is 4.99 Å². The Labute approximate surface area is 123 Å². The number of aliphatic hydroxyl groups is 1. The van der Waals surface area contributed by atoms with Crippen LogP contribution < -0.4 is 0 Å². The third-order valence-corrected chi connectivity index (χ3v) is 3.04. The van der Waals surface area contributed by atoms with Crippen LogP contribution in [0, 0.1) is 19.3 Å². The Morgan fingerprint density at radius 1 is 1.20 bits per heavy atom.